The van der Waals surface area contributed by atoms with Crippen LogP contribution in [0.15, 0.2) is 15.4 Å². The highest BCUT2D eigenvalue weighted by atomic mass is 79.9. The standard InChI is InChI=1S/C8H11BrN2O/c9-8-11-5-7(12-8)6-2-1-3-10-4-6/h5-6,10H,1-4H2. The lowest BCUT2D eigenvalue weighted by atomic mass is 9.98. The van der Waals surface area contributed by atoms with E-state index in [-0.39, 0.29) is 0 Å². The van der Waals surface area contributed by atoms with Crippen molar-refractivity contribution >= 4 is 15.9 Å². The Morgan fingerprint density at radius 1 is 1.67 bits per heavy atom. The number of hydrogen-bond donors (Lipinski definition) is 1. The number of hydrogen-bond acceptors (Lipinski definition) is 3. The van der Waals surface area contributed by atoms with Crippen molar-refractivity contribution in [2.24, 2.45) is 0 Å². The predicted molar refractivity (Wildman–Crippen MR) is 49.0 cm³/mol. The molecule has 1 saturated heterocycles. The molecule has 1 unspecified atom stereocenters. The molecule has 0 spiro atoms. The van der Waals surface area contributed by atoms with Crippen LogP contribution >= 0.6 is 15.9 Å². The molecule has 0 radical (unpaired) electrons. The van der Waals surface area contributed by atoms with Crippen LogP contribution in [0.3, 0.4) is 0 Å². The van der Waals surface area contributed by atoms with E-state index in [0.717, 1.165) is 18.8 Å². The third-order valence-electron chi connectivity index (χ3n) is 2.19. The fraction of sp³-hybridized carbons (Fsp3) is 0.625. The molecule has 4 heteroatoms. The van der Waals surface area contributed by atoms with E-state index >= 15 is 0 Å². The van der Waals surface area contributed by atoms with Gasteiger partial charge < -0.3 is 9.73 Å². The molecule has 1 aromatic heterocycles. The maximum Gasteiger partial charge on any atom is 0.264 e. The number of halogens is 1. The monoisotopic (exact) mass is 230 g/mol. The van der Waals surface area contributed by atoms with E-state index in [0.29, 0.717) is 10.7 Å². The second kappa shape index (κ2) is 3.58. The van der Waals surface area contributed by atoms with Crippen molar-refractivity contribution in [3.05, 3.63) is 16.8 Å². The average molecular weight is 231 g/mol. The van der Waals surface area contributed by atoms with Crippen LogP contribution in [0.5, 0.6) is 0 Å². The van der Waals surface area contributed by atoms with E-state index in [2.05, 4.69) is 26.2 Å². The van der Waals surface area contributed by atoms with Gasteiger partial charge >= 0.3 is 0 Å². The number of nitrogens with one attached hydrogen (secondary N) is 1. The molecule has 2 rings (SSSR count). The Kier molecular flexibility index (Phi) is 2.46. The van der Waals surface area contributed by atoms with E-state index < -0.39 is 0 Å². The first kappa shape index (κ1) is 8.26. The fourth-order valence-electron chi connectivity index (χ4n) is 1.55. The van der Waals surface area contributed by atoms with E-state index in [1.54, 1.807) is 0 Å². The van der Waals surface area contributed by atoms with Gasteiger partial charge in [-0.05, 0) is 19.4 Å². The van der Waals surface area contributed by atoms with Crippen molar-refractivity contribution in [1.82, 2.24) is 10.3 Å². The predicted octanol–water partition coefficient (Wildman–Crippen LogP) is 1.90. The molecule has 12 heavy (non-hydrogen) atoms. The first-order valence-electron chi connectivity index (χ1n) is 4.18. The molecular weight excluding hydrogens is 220 g/mol. The van der Waals surface area contributed by atoms with Gasteiger partial charge in [0.2, 0.25) is 0 Å². The molecule has 1 atom stereocenters. The minimum Gasteiger partial charge on any atom is -0.436 e. The lowest BCUT2D eigenvalue weighted by molar-refractivity contribution is 0.379. The molecule has 0 bridgehead atoms. The van der Waals surface area contributed by atoms with Gasteiger partial charge in [0.25, 0.3) is 4.80 Å². The zero-order valence-electron chi connectivity index (χ0n) is 6.72. The molecule has 1 fully saturated rings. The quantitative estimate of drug-likeness (QED) is 0.802. The maximum atomic E-state index is 5.39. The summed E-state index contributed by atoms with van der Waals surface area (Å²) in [7, 11) is 0. The molecule has 1 aliphatic heterocycles. The van der Waals surface area contributed by atoms with Crippen molar-refractivity contribution in [3.63, 3.8) is 0 Å². The van der Waals surface area contributed by atoms with Gasteiger partial charge in [-0.1, -0.05) is 0 Å². The summed E-state index contributed by atoms with van der Waals surface area (Å²) in [4.78, 5) is 4.60. The van der Waals surface area contributed by atoms with Crippen LogP contribution in [-0.2, 0) is 0 Å². The van der Waals surface area contributed by atoms with E-state index in [9.17, 15) is 0 Å². The molecule has 66 valence electrons. The largest absolute Gasteiger partial charge is 0.436 e. The molecule has 2 heterocycles. The van der Waals surface area contributed by atoms with E-state index in [1.807, 2.05) is 6.20 Å². The lowest BCUT2D eigenvalue weighted by Crippen LogP contribution is -2.28. The zero-order chi connectivity index (χ0) is 8.39. The van der Waals surface area contributed by atoms with Gasteiger partial charge in [0.1, 0.15) is 5.76 Å². The van der Waals surface area contributed by atoms with Crippen LogP contribution in [0.4, 0.5) is 0 Å². The van der Waals surface area contributed by atoms with Crippen molar-refractivity contribution in [2.75, 3.05) is 13.1 Å². The van der Waals surface area contributed by atoms with Gasteiger partial charge in [0.05, 0.1) is 6.20 Å². The molecule has 1 aliphatic rings. The third kappa shape index (κ3) is 1.69. The normalized spacial score (nSPS) is 24.2. The van der Waals surface area contributed by atoms with Crippen LogP contribution in [-0.4, -0.2) is 18.1 Å². The second-order valence-electron chi connectivity index (χ2n) is 3.06. The van der Waals surface area contributed by atoms with Gasteiger partial charge in [-0.25, -0.2) is 4.98 Å². The summed E-state index contributed by atoms with van der Waals surface area (Å²) in [6.45, 7) is 2.15. The zero-order valence-corrected chi connectivity index (χ0v) is 8.30. The van der Waals surface area contributed by atoms with Gasteiger partial charge in [-0.15, -0.1) is 0 Å². The molecule has 1 aromatic rings. The number of piperidine rings is 1. The summed E-state index contributed by atoms with van der Waals surface area (Å²) < 4.78 is 5.39. The smallest absolute Gasteiger partial charge is 0.264 e. The summed E-state index contributed by atoms with van der Waals surface area (Å²) in [6.07, 6.45) is 4.24. The molecule has 0 aliphatic carbocycles. The topological polar surface area (TPSA) is 38.1 Å². The Morgan fingerprint density at radius 3 is 3.17 bits per heavy atom. The Bertz CT molecular complexity index is 255. The molecule has 0 saturated carbocycles. The van der Waals surface area contributed by atoms with Crippen LogP contribution in [0.25, 0.3) is 0 Å². The molecule has 0 aromatic carbocycles. The average Bonchev–Trinajstić information content (AvgIpc) is 2.54. The highest BCUT2D eigenvalue weighted by Crippen LogP contribution is 2.24. The van der Waals surface area contributed by atoms with Crippen molar-refractivity contribution in [2.45, 2.75) is 18.8 Å². The Hall–Kier alpha value is -0.350. The minimum absolute atomic E-state index is 0.512. The van der Waals surface area contributed by atoms with Gasteiger partial charge in [-0.3, -0.25) is 0 Å². The van der Waals surface area contributed by atoms with Crippen molar-refractivity contribution in [1.29, 1.82) is 0 Å². The van der Waals surface area contributed by atoms with Crippen molar-refractivity contribution < 1.29 is 4.42 Å². The summed E-state index contributed by atoms with van der Waals surface area (Å²) in [6, 6.07) is 0. The van der Waals surface area contributed by atoms with Crippen LogP contribution in [0.2, 0.25) is 0 Å². The Morgan fingerprint density at radius 2 is 2.58 bits per heavy atom. The van der Waals surface area contributed by atoms with Gasteiger partial charge in [-0.2, -0.15) is 0 Å². The highest BCUT2D eigenvalue weighted by Gasteiger charge is 2.18. The molecule has 3 nitrogen and oxygen atoms in total. The number of aromatic nitrogens is 1. The SMILES string of the molecule is Brc1ncc(C2CCCNC2)o1. The number of rotatable bonds is 1. The molecule has 1 N–H and O–H groups in total. The summed E-state index contributed by atoms with van der Waals surface area (Å²) in [5, 5.41) is 3.34. The lowest BCUT2D eigenvalue weighted by Gasteiger charge is -2.19. The second-order valence-corrected chi connectivity index (χ2v) is 3.74. The number of nitrogens with zero attached hydrogens (tertiary/aromatic N) is 1. The first-order chi connectivity index (χ1) is 5.86. The van der Waals surface area contributed by atoms with E-state index in [1.165, 1.54) is 12.8 Å². The summed E-state index contributed by atoms with van der Waals surface area (Å²) in [5.41, 5.74) is 0. The molecular formula is C8H11BrN2O. The van der Waals surface area contributed by atoms with E-state index in [4.69, 9.17) is 4.42 Å². The fourth-order valence-corrected chi connectivity index (χ4v) is 1.84. The molecule has 0 amide bonds. The Labute approximate surface area is 79.7 Å². The maximum absolute atomic E-state index is 5.39. The minimum atomic E-state index is 0.512. The van der Waals surface area contributed by atoms with Crippen LogP contribution in [0, 0.1) is 0 Å². The summed E-state index contributed by atoms with van der Waals surface area (Å²) >= 11 is 3.20. The third-order valence-corrected chi connectivity index (χ3v) is 2.56. The van der Waals surface area contributed by atoms with Crippen LogP contribution < -0.4 is 5.32 Å². The van der Waals surface area contributed by atoms with Crippen LogP contribution in [0.1, 0.15) is 24.5 Å². The van der Waals surface area contributed by atoms with Gasteiger partial charge in [0.15, 0.2) is 0 Å². The Balaban J connectivity index is 2.08. The number of oxazole rings is 1. The first-order valence-corrected chi connectivity index (χ1v) is 4.97. The van der Waals surface area contributed by atoms with Gasteiger partial charge in [0, 0.05) is 28.4 Å². The van der Waals surface area contributed by atoms with Crippen molar-refractivity contribution in [3.8, 4) is 0 Å². The highest BCUT2D eigenvalue weighted by molar-refractivity contribution is 9.10. The summed E-state index contributed by atoms with van der Waals surface area (Å²) in [5.74, 6) is 1.51.